The zero-order chi connectivity index (χ0) is 13.7. The number of nitrogens with one attached hydrogen (secondary N) is 1. The molecule has 1 aromatic heterocycles. The molecule has 0 radical (unpaired) electrons. The minimum absolute atomic E-state index is 0.236. The Morgan fingerprint density at radius 1 is 1.47 bits per heavy atom. The minimum atomic E-state index is -0.256. The highest BCUT2D eigenvalue weighted by molar-refractivity contribution is 7.10. The summed E-state index contributed by atoms with van der Waals surface area (Å²) in [6.07, 6.45) is 5.75. The highest BCUT2D eigenvalue weighted by Gasteiger charge is 2.09. The van der Waals surface area contributed by atoms with Crippen molar-refractivity contribution in [2.45, 2.75) is 6.42 Å². The van der Waals surface area contributed by atoms with E-state index in [9.17, 15) is 9.90 Å². The van der Waals surface area contributed by atoms with Crippen LogP contribution in [0.2, 0.25) is 0 Å². The largest absolute Gasteiger partial charge is 0.508 e. The monoisotopic (exact) mass is 272 g/mol. The SMILES string of the molecule is C#Cc1nc(C(=O)NCCc2ccccc2O)cs1. The Bertz CT molecular complexity index is 628. The normalized spacial score (nSPS) is 9.84. The van der Waals surface area contributed by atoms with Gasteiger partial charge in [0, 0.05) is 11.9 Å². The summed E-state index contributed by atoms with van der Waals surface area (Å²) in [5.74, 6) is 2.37. The third-order valence-electron chi connectivity index (χ3n) is 2.53. The van der Waals surface area contributed by atoms with Gasteiger partial charge in [-0.25, -0.2) is 4.98 Å². The van der Waals surface area contributed by atoms with Crippen molar-refractivity contribution in [3.63, 3.8) is 0 Å². The number of thiazole rings is 1. The molecule has 1 aromatic carbocycles. The first-order chi connectivity index (χ1) is 9.20. The standard InChI is InChI=1S/C14H12N2O2S/c1-2-13-16-11(9-19-13)14(18)15-8-7-10-5-3-4-6-12(10)17/h1,3-6,9,17H,7-8H2,(H,15,18). The first kappa shape index (κ1) is 13.1. The first-order valence-corrected chi connectivity index (χ1v) is 6.56. The van der Waals surface area contributed by atoms with Gasteiger partial charge < -0.3 is 10.4 Å². The zero-order valence-electron chi connectivity index (χ0n) is 10.1. The number of terminal acetylenes is 1. The van der Waals surface area contributed by atoms with Crippen LogP contribution in [0.1, 0.15) is 21.1 Å². The Morgan fingerprint density at radius 3 is 2.95 bits per heavy atom. The van der Waals surface area contributed by atoms with Gasteiger partial charge in [0.15, 0.2) is 5.01 Å². The van der Waals surface area contributed by atoms with Crippen LogP contribution >= 0.6 is 11.3 Å². The number of phenols is 1. The van der Waals surface area contributed by atoms with Crippen molar-refractivity contribution in [3.05, 3.63) is 45.9 Å². The molecule has 0 unspecified atom stereocenters. The molecule has 0 bridgehead atoms. The quantitative estimate of drug-likeness (QED) is 0.834. The molecule has 2 aromatic rings. The lowest BCUT2D eigenvalue weighted by molar-refractivity contribution is 0.0949. The number of hydrogen-bond acceptors (Lipinski definition) is 4. The van der Waals surface area contributed by atoms with Gasteiger partial charge in [0.2, 0.25) is 0 Å². The lowest BCUT2D eigenvalue weighted by Crippen LogP contribution is -2.26. The zero-order valence-corrected chi connectivity index (χ0v) is 10.9. The Balaban J connectivity index is 1.88. The van der Waals surface area contributed by atoms with Crippen molar-refractivity contribution in [2.24, 2.45) is 0 Å². The molecule has 1 heterocycles. The van der Waals surface area contributed by atoms with E-state index >= 15 is 0 Å². The molecule has 0 spiro atoms. The van der Waals surface area contributed by atoms with Gasteiger partial charge in [0.05, 0.1) is 0 Å². The van der Waals surface area contributed by atoms with Gasteiger partial charge in [-0.1, -0.05) is 18.2 Å². The molecule has 19 heavy (non-hydrogen) atoms. The second kappa shape index (κ2) is 6.03. The van der Waals surface area contributed by atoms with E-state index in [1.165, 1.54) is 11.3 Å². The average Bonchev–Trinajstić information content (AvgIpc) is 2.90. The number of para-hydroxylation sites is 1. The summed E-state index contributed by atoms with van der Waals surface area (Å²) in [5.41, 5.74) is 1.13. The Labute approximate surface area is 115 Å². The molecule has 2 N–H and O–H groups in total. The molecular formula is C14H12N2O2S. The molecule has 5 heteroatoms. The van der Waals surface area contributed by atoms with Crippen LogP contribution in [-0.4, -0.2) is 22.5 Å². The maximum absolute atomic E-state index is 11.8. The summed E-state index contributed by atoms with van der Waals surface area (Å²) >= 11 is 1.26. The van der Waals surface area contributed by atoms with Crippen LogP contribution in [0.25, 0.3) is 0 Å². The van der Waals surface area contributed by atoms with Gasteiger partial charge in [-0.2, -0.15) is 0 Å². The second-order valence-corrected chi connectivity index (χ2v) is 4.67. The van der Waals surface area contributed by atoms with Crippen LogP contribution in [-0.2, 0) is 6.42 Å². The van der Waals surface area contributed by atoms with E-state index in [2.05, 4.69) is 16.2 Å². The summed E-state index contributed by atoms with van der Waals surface area (Å²) < 4.78 is 0. The third kappa shape index (κ3) is 3.33. The van der Waals surface area contributed by atoms with Gasteiger partial charge in [-0.3, -0.25) is 4.79 Å². The van der Waals surface area contributed by atoms with Crippen LogP contribution in [0.5, 0.6) is 5.75 Å². The van der Waals surface area contributed by atoms with Gasteiger partial charge in [0.1, 0.15) is 11.4 Å². The maximum Gasteiger partial charge on any atom is 0.270 e. The predicted molar refractivity (Wildman–Crippen MR) is 74.2 cm³/mol. The number of benzene rings is 1. The van der Waals surface area contributed by atoms with Gasteiger partial charge in [-0.05, 0) is 24.0 Å². The number of hydrogen-bond donors (Lipinski definition) is 2. The number of aromatic nitrogens is 1. The van der Waals surface area contributed by atoms with Crippen molar-refractivity contribution in [3.8, 4) is 18.1 Å². The van der Waals surface area contributed by atoms with Crippen molar-refractivity contribution >= 4 is 17.2 Å². The molecule has 0 aliphatic rings. The third-order valence-corrected chi connectivity index (χ3v) is 3.31. The summed E-state index contributed by atoms with van der Waals surface area (Å²) in [7, 11) is 0. The summed E-state index contributed by atoms with van der Waals surface area (Å²) in [6, 6.07) is 7.04. The number of aromatic hydroxyl groups is 1. The lowest BCUT2D eigenvalue weighted by atomic mass is 10.1. The number of amides is 1. The average molecular weight is 272 g/mol. The van der Waals surface area contributed by atoms with E-state index in [-0.39, 0.29) is 11.7 Å². The van der Waals surface area contributed by atoms with Crippen LogP contribution in [0, 0.1) is 12.3 Å². The van der Waals surface area contributed by atoms with Gasteiger partial charge in [-0.15, -0.1) is 17.8 Å². The van der Waals surface area contributed by atoms with Gasteiger partial charge >= 0.3 is 0 Å². The molecule has 0 saturated heterocycles. The number of carbonyl (C=O) groups excluding carboxylic acids is 1. The Morgan fingerprint density at radius 2 is 2.26 bits per heavy atom. The van der Waals surface area contributed by atoms with Crippen LogP contribution < -0.4 is 5.32 Å². The molecular weight excluding hydrogens is 260 g/mol. The van der Waals surface area contributed by atoms with Gasteiger partial charge in [0.25, 0.3) is 5.91 Å². The Hall–Kier alpha value is -2.32. The number of carbonyl (C=O) groups is 1. The topological polar surface area (TPSA) is 62.2 Å². The molecule has 0 aliphatic carbocycles. The van der Waals surface area contributed by atoms with Crippen molar-refractivity contribution in [2.75, 3.05) is 6.54 Å². The summed E-state index contributed by atoms with van der Waals surface area (Å²) in [6.45, 7) is 0.430. The maximum atomic E-state index is 11.8. The summed E-state index contributed by atoms with van der Waals surface area (Å²) in [5, 5.41) is 14.4. The molecule has 0 aliphatic heterocycles. The molecule has 1 amide bonds. The van der Waals surface area contributed by atoms with Crippen molar-refractivity contribution in [1.82, 2.24) is 10.3 Å². The van der Waals surface area contributed by atoms with E-state index in [0.717, 1.165) is 5.56 Å². The number of phenolic OH excluding ortho intramolecular Hbond substituents is 1. The van der Waals surface area contributed by atoms with E-state index in [0.29, 0.717) is 23.7 Å². The molecule has 96 valence electrons. The highest BCUT2D eigenvalue weighted by Crippen LogP contribution is 2.15. The van der Waals surface area contributed by atoms with Crippen molar-refractivity contribution < 1.29 is 9.90 Å². The smallest absolute Gasteiger partial charge is 0.270 e. The van der Waals surface area contributed by atoms with E-state index in [1.807, 2.05) is 12.1 Å². The molecule has 4 nitrogen and oxygen atoms in total. The molecule has 0 saturated carbocycles. The highest BCUT2D eigenvalue weighted by atomic mass is 32.1. The second-order valence-electron chi connectivity index (χ2n) is 3.82. The van der Waals surface area contributed by atoms with Crippen molar-refractivity contribution in [1.29, 1.82) is 0 Å². The fourth-order valence-corrected chi connectivity index (χ4v) is 2.17. The number of nitrogens with zero attached hydrogens (tertiary/aromatic N) is 1. The molecule has 0 atom stereocenters. The Kier molecular flexibility index (Phi) is 4.16. The fraction of sp³-hybridized carbons (Fsp3) is 0.143. The minimum Gasteiger partial charge on any atom is -0.508 e. The molecule has 0 fully saturated rings. The van der Waals surface area contributed by atoms with E-state index in [4.69, 9.17) is 6.42 Å². The van der Waals surface area contributed by atoms with E-state index in [1.54, 1.807) is 17.5 Å². The van der Waals surface area contributed by atoms with E-state index < -0.39 is 0 Å². The fourth-order valence-electron chi connectivity index (χ4n) is 1.57. The predicted octanol–water partition coefficient (Wildman–Crippen LogP) is 1.80. The summed E-state index contributed by atoms with van der Waals surface area (Å²) in [4.78, 5) is 15.7. The number of rotatable bonds is 4. The van der Waals surface area contributed by atoms with Crippen LogP contribution in [0.15, 0.2) is 29.6 Å². The van der Waals surface area contributed by atoms with Crippen LogP contribution in [0.4, 0.5) is 0 Å². The first-order valence-electron chi connectivity index (χ1n) is 5.68. The molecule has 2 rings (SSSR count). The lowest BCUT2D eigenvalue weighted by Gasteiger charge is -2.05. The van der Waals surface area contributed by atoms with Crippen LogP contribution in [0.3, 0.4) is 0 Å².